The summed E-state index contributed by atoms with van der Waals surface area (Å²) in [5.41, 5.74) is 30.4. The smallest absolute Gasteiger partial charge is 0.307 e. The summed E-state index contributed by atoms with van der Waals surface area (Å²) in [6.07, 6.45) is 11.0. The Morgan fingerprint density at radius 1 is 0.250 bits per heavy atom. The van der Waals surface area contributed by atoms with Crippen LogP contribution in [0.3, 0.4) is 0 Å². The largest absolute Gasteiger partial charge is 0.423 e. The maximum atomic E-state index is 15.0. The number of hydrogen-bond donors (Lipinski definition) is 0. The highest BCUT2D eigenvalue weighted by Gasteiger charge is 2.29. The summed E-state index contributed by atoms with van der Waals surface area (Å²) in [7, 11) is 0. The Morgan fingerprint density at radius 3 is 0.914 bits per heavy atom. The summed E-state index contributed by atoms with van der Waals surface area (Å²) in [5, 5.41) is 13.0. The maximum Gasteiger partial charge on any atom is 0.307 e. The molecule has 25 heteroatoms. The zero-order valence-electron chi connectivity index (χ0n) is 73.1. The first-order chi connectivity index (χ1) is 69.0. The number of pyridine rings is 8. The highest BCUT2D eigenvalue weighted by molar-refractivity contribution is 6.15. The highest BCUT2D eigenvalue weighted by Crippen LogP contribution is 2.45. The van der Waals surface area contributed by atoms with E-state index in [-0.39, 0.29) is 11.1 Å². The van der Waals surface area contributed by atoms with Crippen LogP contribution < -0.4 is 0 Å². The third-order valence-electron chi connectivity index (χ3n) is 25.3. The molecule has 29 rings (SSSR count). The van der Waals surface area contributed by atoms with E-state index < -0.39 is 29.1 Å². The monoisotopic (exact) mass is 1820 g/mol. The predicted molar refractivity (Wildman–Crippen MR) is 536 cm³/mol. The number of rotatable bonds is 9. The molecule has 0 radical (unpaired) electrons. The molecule has 29 aromatic rings. The molecule has 0 unspecified atom stereocenters. The number of hydrogen-bond acceptors (Lipinski definition) is 17. The number of aromatic nitrogens is 16. The van der Waals surface area contributed by atoms with Crippen molar-refractivity contribution in [1.82, 2.24) is 77.4 Å². The minimum absolute atomic E-state index is 0.138. The molecule has 16 aromatic heterocycles. The van der Waals surface area contributed by atoms with E-state index in [1.165, 1.54) is 12.1 Å². The normalized spacial score (nSPS) is 11.7. The molecule has 0 fully saturated rings. The van der Waals surface area contributed by atoms with Gasteiger partial charge in [0.05, 0.1) is 66.9 Å². The van der Waals surface area contributed by atoms with Gasteiger partial charge in [0.25, 0.3) is 0 Å². The van der Waals surface area contributed by atoms with Gasteiger partial charge in [-0.2, -0.15) is 39.0 Å². The van der Waals surface area contributed by atoms with Crippen molar-refractivity contribution in [3.63, 3.8) is 0 Å². The lowest BCUT2D eigenvalue weighted by molar-refractivity contribution is 0.515. The number of benzene rings is 13. The molecule has 0 aliphatic carbocycles. The van der Waals surface area contributed by atoms with Gasteiger partial charge in [-0.3, -0.25) is 32.6 Å². The fraction of sp³-hybridized carbons (Fsp3) is 0. The first kappa shape index (κ1) is 81.2. The third-order valence-corrected chi connectivity index (χ3v) is 25.3. The molecule has 0 N–H and O–H groups in total. The lowest BCUT2D eigenvalue weighted by Crippen LogP contribution is -1.95. The van der Waals surface area contributed by atoms with Crippen LogP contribution in [0.5, 0.6) is 0 Å². The number of nitrogens with zero attached hydrogens (tertiary/aromatic N) is 17. The van der Waals surface area contributed by atoms with Crippen molar-refractivity contribution < 1.29 is 35.2 Å². The fourth-order valence-corrected chi connectivity index (χ4v) is 19.0. The Morgan fingerprint density at radius 2 is 0.550 bits per heavy atom. The lowest BCUT2D eigenvalue weighted by Gasteiger charge is -2.12. The highest BCUT2D eigenvalue weighted by atomic mass is 19.1. The van der Waals surface area contributed by atoms with Crippen molar-refractivity contribution in [3.8, 4) is 107 Å². The Labute approximate surface area is 787 Å². The molecule has 0 aliphatic heterocycles. The Balaban J connectivity index is 0.0000000962. The molecule has 0 aliphatic rings. The fourth-order valence-electron chi connectivity index (χ4n) is 19.0. The van der Waals surface area contributed by atoms with E-state index in [4.69, 9.17) is 57.5 Å². The molecule has 0 amide bonds. The van der Waals surface area contributed by atoms with Gasteiger partial charge in [0.15, 0.2) is 28.1 Å². The van der Waals surface area contributed by atoms with E-state index in [0.717, 1.165) is 206 Å². The summed E-state index contributed by atoms with van der Waals surface area (Å²) >= 11 is 0. The van der Waals surface area contributed by atoms with Crippen molar-refractivity contribution >= 4 is 156 Å². The molecule has 0 saturated carbocycles. The standard InChI is InChI=1S/C32H19N5O.C29H14F2N4O.C27H14F2N4O.C27H16N4O/c1-2-10-26-25(9-1)30-31(37-27-11-3-4-12-28(27)38-32(37)36-30)29(35-26)24-16-22(20-7-5-13-33-18-20)15-23(17-24)21-8-6-14-34-19-21;30-21-13-12-18(25(31)20(21)15-32)16-6-5-7-17(14-16)26-28-27(19-8-1-2-9-22(19)33-26)34-29-35(28)23-10-3-4-11-24(23)36-29;28-22-13-12-17(26(29)31-22)15-6-5-7-16(14-15)23-25-24(18-8-1-2-9-19(18)30-23)32-27-33(25)20-10-3-4-11-21(20)34-27;1-2-11-21-20(10-1)25-26(31-22-12-3-4-13-23(22)32-27(31)30-25)24(29-21)18-8-5-7-17(15-18)19-9-6-14-28-16-19/h1-19H;1-14H;1-14H;1-16H. The molecule has 0 spiro atoms. The van der Waals surface area contributed by atoms with Crippen molar-refractivity contribution in [2.24, 2.45) is 0 Å². The molecule has 21 nitrogen and oxygen atoms in total. The molecular weight excluding hydrogens is 1760 g/mol. The average Bonchev–Trinajstić information content (AvgIpc) is 1.57. The minimum atomic E-state index is -0.890. The van der Waals surface area contributed by atoms with Crippen LogP contribution in [0.1, 0.15) is 5.56 Å². The molecule has 660 valence electrons. The number of halogens is 4. The maximum absolute atomic E-state index is 15.0. The minimum Gasteiger partial charge on any atom is -0.423 e. The number of nitriles is 1. The van der Waals surface area contributed by atoms with Gasteiger partial charge in [-0.15, -0.1) is 0 Å². The molecule has 0 saturated heterocycles. The van der Waals surface area contributed by atoms with Gasteiger partial charge in [0.1, 0.15) is 61.6 Å². The molecule has 0 atom stereocenters. The van der Waals surface area contributed by atoms with Crippen LogP contribution in [0.15, 0.2) is 401 Å². The van der Waals surface area contributed by atoms with Gasteiger partial charge in [0.2, 0.25) is 11.9 Å². The van der Waals surface area contributed by atoms with Crippen LogP contribution in [-0.2, 0) is 0 Å². The molecular formula is C115H63F4N17O4. The first-order valence-electron chi connectivity index (χ1n) is 44.7. The summed E-state index contributed by atoms with van der Waals surface area (Å²) in [6, 6.07) is 111. The zero-order valence-corrected chi connectivity index (χ0v) is 73.1. The van der Waals surface area contributed by atoms with Crippen LogP contribution in [0.4, 0.5) is 17.6 Å². The van der Waals surface area contributed by atoms with Gasteiger partial charge in [-0.05, 0) is 179 Å². The zero-order chi connectivity index (χ0) is 93.3. The van der Waals surface area contributed by atoms with Crippen molar-refractivity contribution in [2.75, 3.05) is 0 Å². The van der Waals surface area contributed by atoms with E-state index >= 15 is 4.39 Å². The molecule has 0 bridgehead atoms. The van der Waals surface area contributed by atoms with Crippen LogP contribution in [0.2, 0.25) is 0 Å². The number of fused-ring (bicyclic) bond motifs is 28. The molecule has 140 heavy (non-hydrogen) atoms. The van der Waals surface area contributed by atoms with Crippen LogP contribution in [-0.4, -0.2) is 77.4 Å². The van der Waals surface area contributed by atoms with E-state index in [9.17, 15) is 18.4 Å². The molecule has 13 aromatic carbocycles. The van der Waals surface area contributed by atoms with Gasteiger partial charge < -0.3 is 17.7 Å². The quantitative estimate of drug-likeness (QED) is 0.0962. The first-order valence-corrected chi connectivity index (χ1v) is 44.7. The Hall–Kier alpha value is -19.6. The lowest BCUT2D eigenvalue weighted by atomic mass is 9.95. The second-order valence-corrected chi connectivity index (χ2v) is 33.5. The Kier molecular flexibility index (Phi) is 19.1. The second-order valence-electron chi connectivity index (χ2n) is 33.5. The van der Waals surface area contributed by atoms with E-state index in [1.54, 1.807) is 48.9 Å². The average molecular weight is 1820 g/mol. The van der Waals surface area contributed by atoms with E-state index in [2.05, 4.69) is 114 Å². The van der Waals surface area contributed by atoms with Crippen LogP contribution in [0, 0.1) is 34.9 Å². The summed E-state index contributed by atoms with van der Waals surface area (Å²) in [5.74, 6) is -1.45. The SMILES string of the molecule is Fc1ccc(-c2cccc(-c3nc4ccccc4c4nc5oc6ccccc6n5c34)c2)c(F)n1.N#Cc1c(F)ccc(-c2cccc(-c3nc4ccccc4c4nc5oc6ccccc6n5c34)c2)c1F.c1cncc(-c2cc(-c3cccnc3)cc(-c3nc4ccccc4c4nc5oc6ccccc6n5c34)c2)c1.c1cncc(-c2cccc(-c3nc4ccccc4c4nc5oc6ccccc6n5c34)c2)c1. The van der Waals surface area contributed by atoms with E-state index in [1.807, 2.05) is 240 Å². The summed E-state index contributed by atoms with van der Waals surface area (Å²) in [6.45, 7) is 0. The summed E-state index contributed by atoms with van der Waals surface area (Å²) in [4.78, 5) is 56.1. The molecule has 16 heterocycles. The van der Waals surface area contributed by atoms with Crippen LogP contribution >= 0.6 is 0 Å². The predicted octanol–water partition coefficient (Wildman–Crippen LogP) is 28.1. The topological polar surface area (TPSA) is 249 Å². The number of para-hydroxylation sites is 12. The van der Waals surface area contributed by atoms with Gasteiger partial charge in [-0.1, -0.05) is 194 Å². The number of imidazole rings is 4. The summed E-state index contributed by atoms with van der Waals surface area (Å²) < 4.78 is 89.1. The second kappa shape index (κ2) is 32.9. The van der Waals surface area contributed by atoms with Gasteiger partial charge in [0, 0.05) is 109 Å². The van der Waals surface area contributed by atoms with Crippen LogP contribution in [0.25, 0.3) is 256 Å². The van der Waals surface area contributed by atoms with Crippen molar-refractivity contribution in [3.05, 3.63) is 412 Å². The van der Waals surface area contributed by atoms with Crippen molar-refractivity contribution in [2.45, 2.75) is 0 Å². The van der Waals surface area contributed by atoms with Gasteiger partial charge >= 0.3 is 23.4 Å². The van der Waals surface area contributed by atoms with Crippen molar-refractivity contribution in [1.29, 1.82) is 5.26 Å². The van der Waals surface area contributed by atoms with Gasteiger partial charge in [-0.25, -0.2) is 28.7 Å². The Bertz CT molecular complexity index is 10100. The third kappa shape index (κ3) is 13.6. The van der Waals surface area contributed by atoms with E-state index in [0.29, 0.717) is 51.5 Å². The number of oxazole rings is 4.